The number of carbonyl (C=O) groups is 2. The number of piperidine rings is 1. The molecule has 0 aromatic heterocycles. The first-order valence-electron chi connectivity index (χ1n) is 9.21. The van der Waals surface area contributed by atoms with E-state index in [0.29, 0.717) is 11.3 Å². The lowest BCUT2D eigenvalue weighted by atomic mass is 10.1. The fraction of sp³-hybridized carbons (Fsp3) is 0.250. The van der Waals surface area contributed by atoms with Gasteiger partial charge >= 0.3 is 0 Å². The predicted octanol–water partition coefficient (Wildman–Crippen LogP) is 3.35. The summed E-state index contributed by atoms with van der Waals surface area (Å²) in [4.78, 5) is 37.3. The Balaban J connectivity index is 1.69. The minimum Gasteiger partial charge on any atom is -0.339 e. The van der Waals surface area contributed by atoms with E-state index in [1.807, 2.05) is 4.90 Å². The van der Waals surface area contributed by atoms with Crippen LogP contribution in [0.1, 0.15) is 40.0 Å². The van der Waals surface area contributed by atoms with Crippen molar-refractivity contribution in [3.8, 4) is 0 Å². The van der Waals surface area contributed by atoms with E-state index in [1.165, 1.54) is 24.3 Å². The molecule has 2 N–H and O–H groups in total. The molecule has 0 unspecified atom stereocenters. The van der Waals surface area contributed by atoms with Crippen LogP contribution in [0, 0.1) is 10.1 Å². The Morgan fingerprint density at radius 3 is 2.48 bits per heavy atom. The highest BCUT2D eigenvalue weighted by molar-refractivity contribution is 7.80. The number of para-hydroxylation sites is 1. The number of nitro groups is 1. The molecule has 0 saturated carbocycles. The van der Waals surface area contributed by atoms with Gasteiger partial charge in [-0.15, -0.1) is 0 Å². The zero-order valence-corrected chi connectivity index (χ0v) is 16.4. The van der Waals surface area contributed by atoms with Crippen LogP contribution in [0.4, 0.5) is 11.4 Å². The molecule has 0 aliphatic carbocycles. The smallest absolute Gasteiger partial charge is 0.270 e. The van der Waals surface area contributed by atoms with Gasteiger partial charge in [0.05, 0.1) is 16.2 Å². The quantitative estimate of drug-likeness (QED) is 0.453. The summed E-state index contributed by atoms with van der Waals surface area (Å²) in [7, 11) is 0. The number of anilines is 1. The fourth-order valence-corrected chi connectivity index (χ4v) is 3.34. The van der Waals surface area contributed by atoms with Crippen molar-refractivity contribution in [2.24, 2.45) is 0 Å². The second-order valence-corrected chi connectivity index (χ2v) is 7.02. The van der Waals surface area contributed by atoms with Crippen molar-refractivity contribution in [2.75, 3.05) is 18.4 Å². The van der Waals surface area contributed by atoms with E-state index in [-0.39, 0.29) is 22.3 Å². The van der Waals surface area contributed by atoms with Crippen LogP contribution in [-0.2, 0) is 0 Å². The summed E-state index contributed by atoms with van der Waals surface area (Å²) in [6.45, 7) is 1.45. The van der Waals surface area contributed by atoms with Gasteiger partial charge in [0.25, 0.3) is 17.5 Å². The monoisotopic (exact) mass is 412 g/mol. The highest BCUT2D eigenvalue weighted by Gasteiger charge is 2.21. The number of nitro benzene ring substituents is 1. The standard InChI is InChI=1S/C20H20N4O4S/c25-18(14-7-6-8-15(13-14)24(27)28)22-20(29)21-17-10-3-2-9-16(17)19(26)23-11-4-1-5-12-23/h2-3,6-10,13H,1,4-5,11-12H2,(H2,21,22,25,29). The van der Waals surface area contributed by atoms with E-state index in [9.17, 15) is 19.7 Å². The van der Waals surface area contributed by atoms with Gasteiger partial charge in [-0.05, 0) is 49.7 Å². The fourth-order valence-electron chi connectivity index (χ4n) is 3.14. The first-order valence-corrected chi connectivity index (χ1v) is 9.61. The normalized spacial score (nSPS) is 13.4. The van der Waals surface area contributed by atoms with E-state index in [0.717, 1.165) is 32.4 Å². The molecule has 1 aliphatic rings. The number of thiocarbonyl (C=S) groups is 1. The molecule has 2 aromatic rings. The minimum atomic E-state index is -0.578. The number of likely N-dealkylation sites (tertiary alicyclic amines) is 1. The molecular weight excluding hydrogens is 392 g/mol. The van der Waals surface area contributed by atoms with Crippen LogP contribution in [0.15, 0.2) is 48.5 Å². The number of carbonyl (C=O) groups excluding carboxylic acids is 2. The lowest BCUT2D eigenvalue weighted by Crippen LogP contribution is -2.37. The largest absolute Gasteiger partial charge is 0.339 e. The molecule has 2 aromatic carbocycles. The molecule has 0 spiro atoms. The molecule has 0 atom stereocenters. The van der Waals surface area contributed by atoms with Crippen LogP contribution in [0.5, 0.6) is 0 Å². The summed E-state index contributed by atoms with van der Waals surface area (Å²) in [5.74, 6) is -0.661. The summed E-state index contributed by atoms with van der Waals surface area (Å²) < 4.78 is 0. The summed E-state index contributed by atoms with van der Waals surface area (Å²) in [5, 5.41) is 16.2. The van der Waals surface area contributed by atoms with E-state index in [2.05, 4.69) is 10.6 Å². The van der Waals surface area contributed by atoms with Crippen molar-refractivity contribution in [1.29, 1.82) is 0 Å². The number of amides is 2. The van der Waals surface area contributed by atoms with Gasteiger partial charge in [0.2, 0.25) is 0 Å². The van der Waals surface area contributed by atoms with Crippen molar-refractivity contribution in [3.05, 3.63) is 69.8 Å². The first-order chi connectivity index (χ1) is 14.0. The number of benzene rings is 2. The van der Waals surface area contributed by atoms with Crippen LogP contribution in [0.25, 0.3) is 0 Å². The summed E-state index contributed by atoms with van der Waals surface area (Å²) in [6, 6.07) is 12.3. The lowest BCUT2D eigenvalue weighted by molar-refractivity contribution is -0.384. The third-order valence-electron chi connectivity index (χ3n) is 4.60. The molecule has 9 heteroatoms. The maximum atomic E-state index is 12.8. The van der Waals surface area contributed by atoms with E-state index in [1.54, 1.807) is 24.3 Å². The van der Waals surface area contributed by atoms with Crippen molar-refractivity contribution in [2.45, 2.75) is 19.3 Å². The summed E-state index contributed by atoms with van der Waals surface area (Å²) in [6.07, 6.45) is 3.09. The van der Waals surface area contributed by atoms with Gasteiger partial charge in [-0.2, -0.15) is 0 Å². The van der Waals surface area contributed by atoms with Crippen molar-refractivity contribution in [1.82, 2.24) is 10.2 Å². The lowest BCUT2D eigenvalue weighted by Gasteiger charge is -2.27. The van der Waals surface area contributed by atoms with Crippen molar-refractivity contribution in [3.63, 3.8) is 0 Å². The highest BCUT2D eigenvalue weighted by Crippen LogP contribution is 2.20. The molecule has 0 radical (unpaired) electrons. The van der Waals surface area contributed by atoms with Crippen LogP contribution >= 0.6 is 12.2 Å². The molecule has 1 saturated heterocycles. The molecule has 150 valence electrons. The summed E-state index contributed by atoms with van der Waals surface area (Å²) in [5.41, 5.74) is 0.892. The number of non-ortho nitro benzene ring substituents is 1. The summed E-state index contributed by atoms with van der Waals surface area (Å²) >= 11 is 5.20. The Kier molecular flexibility index (Phi) is 6.50. The number of rotatable bonds is 4. The molecular formula is C20H20N4O4S. The molecule has 2 amide bonds. The second-order valence-electron chi connectivity index (χ2n) is 6.61. The number of hydrogen-bond acceptors (Lipinski definition) is 5. The minimum absolute atomic E-state index is 0.000371. The zero-order valence-electron chi connectivity index (χ0n) is 15.6. The Morgan fingerprint density at radius 1 is 1.03 bits per heavy atom. The average Bonchev–Trinajstić information content (AvgIpc) is 2.74. The average molecular weight is 412 g/mol. The van der Waals surface area contributed by atoms with Gasteiger partial charge < -0.3 is 10.2 Å². The van der Waals surface area contributed by atoms with Gasteiger partial charge in [0.1, 0.15) is 0 Å². The molecule has 3 rings (SSSR count). The van der Waals surface area contributed by atoms with Crippen LogP contribution in [0.2, 0.25) is 0 Å². The van der Waals surface area contributed by atoms with Gasteiger partial charge in [0, 0.05) is 30.8 Å². The maximum absolute atomic E-state index is 12.8. The Morgan fingerprint density at radius 2 is 1.76 bits per heavy atom. The third-order valence-corrected chi connectivity index (χ3v) is 4.80. The highest BCUT2D eigenvalue weighted by atomic mass is 32.1. The number of hydrogen-bond donors (Lipinski definition) is 2. The van der Waals surface area contributed by atoms with Crippen LogP contribution < -0.4 is 10.6 Å². The van der Waals surface area contributed by atoms with E-state index < -0.39 is 10.8 Å². The molecule has 1 fully saturated rings. The van der Waals surface area contributed by atoms with Crippen LogP contribution in [-0.4, -0.2) is 39.8 Å². The van der Waals surface area contributed by atoms with E-state index >= 15 is 0 Å². The first kappa shape index (κ1) is 20.4. The van der Waals surface area contributed by atoms with Gasteiger partial charge in [0.15, 0.2) is 5.11 Å². The van der Waals surface area contributed by atoms with Gasteiger partial charge in [-0.25, -0.2) is 0 Å². The number of nitrogens with zero attached hydrogens (tertiary/aromatic N) is 2. The molecule has 0 bridgehead atoms. The predicted molar refractivity (Wildman–Crippen MR) is 113 cm³/mol. The molecule has 1 heterocycles. The third kappa shape index (κ3) is 5.14. The van der Waals surface area contributed by atoms with Crippen molar-refractivity contribution < 1.29 is 14.5 Å². The molecule has 8 nitrogen and oxygen atoms in total. The molecule has 1 aliphatic heterocycles. The van der Waals surface area contributed by atoms with Gasteiger partial charge in [-0.1, -0.05) is 18.2 Å². The second kappa shape index (κ2) is 9.24. The Labute approximate surface area is 173 Å². The van der Waals surface area contributed by atoms with E-state index in [4.69, 9.17) is 12.2 Å². The topological polar surface area (TPSA) is 105 Å². The maximum Gasteiger partial charge on any atom is 0.270 e. The zero-order chi connectivity index (χ0) is 20.8. The SMILES string of the molecule is O=C(NC(=S)Nc1ccccc1C(=O)N1CCCCC1)c1cccc([N+](=O)[O-])c1. The Hall–Kier alpha value is -3.33. The number of nitrogens with one attached hydrogen (secondary N) is 2. The van der Waals surface area contributed by atoms with Crippen LogP contribution in [0.3, 0.4) is 0 Å². The van der Waals surface area contributed by atoms with Gasteiger partial charge in [-0.3, -0.25) is 25.0 Å². The Bertz CT molecular complexity index is 957. The molecule has 29 heavy (non-hydrogen) atoms. The van der Waals surface area contributed by atoms with Crippen molar-refractivity contribution >= 4 is 40.5 Å².